The minimum Gasteiger partial charge on any atom is -0.435 e. The normalized spacial score (nSPS) is 20.7. The van der Waals surface area contributed by atoms with E-state index in [0.717, 1.165) is 38.2 Å². The molecular formula is C15H22F2N2O. The molecule has 0 radical (unpaired) electrons. The summed E-state index contributed by atoms with van der Waals surface area (Å²) in [5.41, 5.74) is 0.960. The molecule has 0 amide bonds. The van der Waals surface area contributed by atoms with Crippen LogP contribution in [0, 0.1) is 0 Å². The van der Waals surface area contributed by atoms with Crippen molar-refractivity contribution in [3.8, 4) is 5.75 Å². The molecule has 1 aromatic rings. The molecule has 2 rings (SSSR count). The summed E-state index contributed by atoms with van der Waals surface area (Å²) in [6.07, 6.45) is 3.45. The van der Waals surface area contributed by atoms with Crippen LogP contribution in [0.5, 0.6) is 5.75 Å². The van der Waals surface area contributed by atoms with Crippen molar-refractivity contribution in [3.63, 3.8) is 0 Å². The molecular weight excluding hydrogens is 262 g/mol. The number of rotatable bonds is 5. The predicted octanol–water partition coefficient (Wildman–Crippen LogP) is 3.57. The topological polar surface area (TPSA) is 24.5 Å². The van der Waals surface area contributed by atoms with Crippen molar-refractivity contribution in [2.45, 2.75) is 38.8 Å². The summed E-state index contributed by atoms with van der Waals surface area (Å²) < 4.78 is 28.5. The number of likely N-dealkylation sites (tertiary alicyclic amines) is 1. The van der Waals surface area contributed by atoms with Crippen LogP contribution >= 0.6 is 0 Å². The van der Waals surface area contributed by atoms with E-state index in [2.05, 4.69) is 21.9 Å². The van der Waals surface area contributed by atoms with Gasteiger partial charge in [-0.05, 0) is 56.6 Å². The Hall–Kier alpha value is -1.36. The van der Waals surface area contributed by atoms with Crippen molar-refractivity contribution in [3.05, 3.63) is 24.3 Å². The lowest BCUT2D eigenvalue weighted by atomic mass is 10.1. The number of ether oxygens (including phenoxy) is 1. The first-order valence-corrected chi connectivity index (χ1v) is 7.21. The molecule has 1 aliphatic heterocycles. The van der Waals surface area contributed by atoms with E-state index in [1.165, 1.54) is 6.42 Å². The molecule has 20 heavy (non-hydrogen) atoms. The Kier molecular flexibility index (Phi) is 5.59. The number of hydrogen-bond acceptors (Lipinski definition) is 3. The molecule has 1 aliphatic rings. The first-order valence-electron chi connectivity index (χ1n) is 7.21. The van der Waals surface area contributed by atoms with Crippen LogP contribution in [-0.2, 0) is 0 Å². The zero-order valence-electron chi connectivity index (χ0n) is 11.8. The van der Waals surface area contributed by atoms with E-state index in [9.17, 15) is 8.78 Å². The van der Waals surface area contributed by atoms with E-state index >= 15 is 0 Å². The number of nitrogens with one attached hydrogen (secondary N) is 1. The average Bonchev–Trinajstić information content (AvgIpc) is 2.65. The van der Waals surface area contributed by atoms with E-state index in [0.29, 0.717) is 6.04 Å². The predicted molar refractivity (Wildman–Crippen MR) is 76.4 cm³/mol. The van der Waals surface area contributed by atoms with Gasteiger partial charge in [0.15, 0.2) is 0 Å². The molecule has 0 spiro atoms. The maximum atomic E-state index is 12.1. The molecule has 1 aromatic carbocycles. The monoisotopic (exact) mass is 284 g/mol. The number of benzene rings is 1. The van der Waals surface area contributed by atoms with Crippen molar-refractivity contribution in [2.75, 3.05) is 25.0 Å². The number of anilines is 1. The van der Waals surface area contributed by atoms with E-state index in [1.54, 1.807) is 24.3 Å². The van der Waals surface area contributed by atoms with Gasteiger partial charge in [0.05, 0.1) is 0 Å². The maximum absolute atomic E-state index is 12.1. The quantitative estimate of drug-likeness (QED) is 0.894. The Morgan fingerprint density at radius 2 is 2.00 bits per heavy atom. The highest BCUT2D eigenvalue weighted by atomic mass is 19.3. The molecule has 0 bridgehead atoms. The SMILES string of the molecule is CCN1CCCC(Nc2ccc(OC(F)F)cc2)CC1. The smallest absolute Gasteiger partial charge is 0.387 e. The summed E-state index contributed by atoms with van der Waals surface area (Å²) in [6.45, 7) is 2.80. The molecule has 1 unspecified atom stereocenters. The van der Waals surface area contributed by atoms with Crippen LogP contribution < -0.4 is 10.1 Å². The summed E-state index contributed by atoms with van der Waals surface area (Å²) in [5.74, 6) is 0.198. The third-order valence-corrected chi connectivity index (χ3v) is 3.72. The summed E-state index contributed by atoms with van der Waals surface area (Å²) in [6, 6.07) is 7.18. The standard InChI is InChI=1S/C15H22F2N2O/c1-2-19-10-3-4-12(9-11-19)18-13-5-7-14(8-6-13)20-15(16)17/h5-8,12,15,18H,2-4,9-11H2,1H3. The Labute approximate surface area is 118 Å². The summed E-state index contributed by atoms with van der Waals surface area (Å²) in [5, 5.41) is 3.48. The van der Waals surface area contributed by atoms with Crippen molar-refractivity contribution in [1.29, 1.82) is 0 Å². The second kappa shape index (κ2) is 7.43. The molecule has 112 valence electrons. The molecule has 0 aromatic heterocycles. The minimum atomic E-state index is -2.77. The largest absolute Gasteiger partial charge is 0.435 e. The van der Waals surface area contributed by atoms with Gasteiger partial charge in [0, 0.05) is 18.3 Å². The van der Waals surface area contributed by atoms with E-state index < -0.39 is 6.61 Å². The number of halogens is 2. The number of alkyl halides is 2. The second-order valence-corrected chi connectivity index (χ2v) is 5.11. The van der Waals surface area contributed by atoms with Gasteiger partial charge in [-0.25, -0.2) is 0 Å². The fourth-order valence-corrected chi connectivity index (χ4v) is 2.58. The minimum absolute atomic E-state index is 0.198. The highest BCUT2D eigenvalue weighted by molar-refractivity contribution is 5.47. The van der Waals surface area contributed by atoms with Crippen LogP contribution in [0.3, 0.4) is 0 Å². The summed E-state index contributed by atoms with van der Waals surface area (Å²) >= 11 is 0. The Balaban J connectivity index is 1.86. The number of hydrogen-bond donors (Lipinski definition) is 1. The van der Waals surface area contributed by atoms with Gasteiger partial charge < -0.3 is 15.0 Å². The van der Waals surface area contributed by atoms with Crippen LogP contribution in [0.2, 0.25) is 0 Å². The van der Waals surface area contributed by atoms with Gasteiger partial charge in [-0.15, -0.1) is 0 Å². The van der Waals surface area contributed by atoms with Gasteiger partial charge in [0.1, 0.15) is 5.75 Å². The molecule has 3 nitrogen and oxygen atoms in total. The lowest BCUT2D eigenvalue weighted by Gasteiger charge is -2.19. The first kappa shape index (κ1) is 15.0. The molecule has 5 heteroatoms. The second-order valence-electron chi connectivity index (χ2n) is 5.11. The van der Waals surface area contributed by atoms with Crippen LogP contribution in [0.15, 0.2) is 24.3 Å². The fraction of sp³-hybridized carbons (Fsp3) is 0.600. The zero-order valence-corrected chi connectivity index (χ0v) is 11.8. The Morgan fingerprint density at radius 3 is 2.65 bits per heavy atom. The molecule has 1 fully saturated rings. The molecule has 1 N–H and O–H groups in total. The van der Waals surface area contributed by atoms with E-state index in [1.807, 2.05) is 0 Å². The number of nitrogens with zero attached hydrogens (tertiary/aromatic N) is 1. The van der Waals surface area contributed by atoms with Gasteiger partial charge in [0.25, 0.3) is 0 Å². The first-order chi connectivity index (χ1) is 9.67. The highest BCUT2D eigenvalue weighted by Crippen LogP contribution is 2.21. The van der Waals surface area contributed by atoms with Gasteiger partial charge in [0.2, 0.25) is 0 Å². The molecule has 1 atom stereocenters. The fourth-order valence-electron chi connectivity index (χ4n) is 2.58. The molecule has 1 saturated heterocycles. The zero-order chi connectivity index (χ0) is 14.4. The highest BCUT2D eigenvalue weighted by Gasteiger charge is 2.15. The van der Waals surface area contributed by atoms with E-state index in [-0.39, 0.29) is 5.75 Å². The van der Waals surface area contributed by atoms with Gasteiger partial charge in [-0.2, -0.15) is 8.78 Å². The van der Waals surface area contributed by atoms with Crippen molar-refractivity contribution < 1.29 is 13.5 Å². The van der Waals surface area contributed by atoms with Gasteiger partial charge in [-0.3, -0.25) is 0 Å². The lowest BCUT2D eigenvalue weighted by Crippen LogP contribution is -2.26. The third-order valence-electron chi connectivity index (χ3n) is 3.72. The Morgan fingerprint density at radius 1 is 1.25 bits per heavy atom. The summed E-state index contributed by atoms with van der Waals surface area (Å²) in [4.78, 5) is 2.46. The lowest BCUT2D eigenvalue weighted by molar-refractivity contribution is -0.0498. The van der Waals surface area contributed by atoms with Crippen molar-refractivity contribution in [1.82, 2.24) is 4.90 Å². The van der Waals surface area contributed by atoms with Crippen LogP contribution in [-0.4, -0.2) is 37.2 Å². The molecule has 1 heterocycles. The van der Waals surface area contributed by atoms with Gasteiger partial charge in [-0.1, -0.05) is 6.92 Å². The van der Waals surface area contributed by atoms with Crippen molar-refractivity contribution >= 4 is 5.69 Å². The van der Waals surface area contributed by atoms with Gasteiger partial charge >= 0.3 is 6.61 Å². The summed E-state index contributed by atoms with van der Waals surface area (Å²) in [7, 11) is 0. The van der Waals surface area contributed by atoms with E-state index in [4.69, 9.17) is 0 Å². The van der Waals surface area contributed by atoms with Crippen molar-refractivity contribution in [2.24, 2.45) is 0 Å². The van der Waals surface area contributed by atoms with Crippen LogP contribution in [0.4, 0.5) is 14.5 Å². The van der Waals surface area contributed by atoms with Crippen LogP contribution in [0.1, 0.15) is 26.2 Å². The molecule has 0 saturated carbocycles. The maximum Gasteiger partial charge on any atom is 0.387 e. The average molecular weight is 284 g/mol. The Bertz CT molecular complexity index is 397. The molecule has 0 aliphatic carbocycles. The van der Waals surface area contributed by atoms with Crippen LogP contribution in [0.25, 0.3) is 0 Å². The third kappa shape index (κ3) is 4.63.